The zero-order valence-corrected chi connectivity index (χ0v) is 16.8. The summed E-state index contributed by atoms with van der Waals surface area (Å²) in [6, 6.07) is 8.36. The third kappa shape index (κ3) is 5.05. The summed E-state index contributed by atoms with van der Waals surface area (Å²) >= 11 is 0. The van der Waals surface area contributed by atoms with E-state index < -0.39 is 26.7 Å². The Bertz CT molecular complexity index is 1200. The number of nitrogens with one attached hydrogen (secondary N) is 1. The number of aromatic nitrogens is 2. The van der Waals surface area contributed by atoms with E-state index in [1.54, 1.807) is 0 Å². The quantitative estimate of drug-likeness (QED) is 0.398. The molecule has 13 nitrogen and oxygen atoms in total. The number of hydrogen-bond acceptors (Lipinski definition) is 10. The molecule has 0 spiro atoms. The molecule has 3 aromatic rings. The van der Waals surface area contributed by atoms with Gasteiger partial charge in [0.2, 0.25) is 21.9 Å². The Morgan fingerprint density at radius 3 is 2.42 bits per heavy atom. The summed E-state index contributed by atoms with van der Waals surface area (Å²) in [6.07, 6.45) is 0. The van der Waals surface area contributed by atoms with Crippen molar-refractivity contribution in [1.29, 1.82) is 0 Å². The number of hydrogen-bond donors (Lipinski definition) is 1. The number of anilines is 1. The molecule has 1 N–H and O–H groups in total. The molecule has 162 valence electrons. The van der Waals surface area contributed by atoms with Gasteiger partial charge >= 0.3 is 5.88 Å². The molecular weight excluding hydrogens is 434 g/mol. The molecule has 0 fully saturated rings. The second-order valence-corrected chi connectivity index (χ2v) is 7.30. The molecular formula is C17H14N5O8S-. The second-order valence-electron chi connectivity index (χ2n) is 5.70. The van der Waals surface area contributed by atoms with Crippen molar-refractivity contribution in [2.24, 2.45) is 0 Å². The predicted molar refractivity (Wildman–Crippen MR) is 105 cm³/mol. The van der Waals surface area contributed by atoms with Crippen molar-refractivity contribution in [2.75, 3.05) is 19.5 Å². The molecule has 0 aliphatic rings. The smallest absolute Gasteiger partial charge is 0.433 e. The van der Waals surface area contributed by atoms with Crippen LogP contribution in [0.1, 0.15) is 10.6 Å². The first-order chi connectivity index (χ1) is 14.7. The van der Waals surface area contributed by atoms with Gasteiger partial charge in [-0.1, -0.05) is 0 Å². The third-order valence-electron chi connectivity index (χ3n) is 3.68. The molecule has 0 bridgehead atoms. The molecule has 0 unspecified atom stereocenters. The van der Waals surface area contributed by atoms with Crippen LogP contribution in [-0.4, -0.2) is 43.4 Å². The first-order valence-electron chi connectivity index (χ1n) is 8.32. The van der Waals surface area contributed by atoms with Crippen molar-refractivity contribution < 1.29 is 32.0 Å². The van der Waals surface area contributed by atoms with Crippen LogP contribution in [0, 0.1) is 10.1 Å². The van der Waals surface area contributed by atoms with Gasteiger partial charge in [0.15, 0.2) is 5.76 Å². The summed E-state index contributed by atoms with van der Waals surface area (Å²) in [6.45, 7) is 0. The summed E-state index contributed by atoms with van der Waals surface area (Å²) in [5.74, 6) is -1.72. The maximum atomic E-state index is 12.5. The molecule has 1 aromatic carbocycles. The number of rotatable bonds is 8. The number of carbonyl (C=O) groups excluding carboxylic acids is 1. The van der Waals surface area contributed by atoms with E-state index in [2.05, 4.69) is 20.0 Å². The highest BCUT2D eigenvalue weighted by atomic mass is 32.2. The van der Waals surface area contributed by atoms with Gasteiger partial charge in [-0.05, 0) is 36.1 Å². The predicted octanol–water partition coefficient (Wildman–Crippen LogP) is 2.64. The number of nitro groups is 1. The second kappa shape index (κ2) is 8.66. The summed E-state index contributed by atoms with van der Waals surface area (Å²) in [7, 11) is -1.50. The fourth-order valence-corrected chi connectivity index (χ4v) is 3.19. The highest BCUT2D eigenvalue weighted by Gasteiger charge is 2.18. The van der Waals surface area contributed by atoms with Gasteiger partial charge in [0.1, 0.15) is 4.92 Å². The van der Waals surface area contributed by atoms with Crippen molar-refractivity contribution in [2.45, 2.75) is 4.90 Å². The molecule has 31 heavy (non-hydrogen) atoms. The van der Waals surface area contributed by atoms with Gasteiger partial charge in [0.25, 0.3) is 5.91 Å². The highest BCUT2D eigenvalue weighted by molar-refractivity contribution is 7.94. The summed E-state index contributed by atoms with van der Waals surface area (Å²) in [5.41, 5.74) is 0.230. The summed E-state index contributed by atoms with van der Waals surface area (Å²) in [5, 5.41) is 13.1. The molecule has 0 saturated carbocycles. The molecule has 2 heterocycles. The van der Waals surface area contributed by atoms with E-state index in [1.807, 2.05) is 0 Å². The lowest BCUT2D eigenvalue weighted by Gasteiger charge is -2.17. The van der Waals surface area contributed by atoms with E-state index in [-0.39, 0.29) is 34.1 Å². The lowest BCUT2D eigenvalue weighted by Crippen LogP contribution is -2.11. The molecule has 1 amide bonds. The average molecular weight is 448 g/mol. The van der Waals surface area contributed by atoms with Gasteiger partial charge in [-0.2, -0.15) is 4.98 Å². The maximum Gasteiger partial charge on any atom is 0.433 e. The average Bonchev–Trinajstić information content (AvgIpc) is 3.24. The van der Waals surface area contributed by atoms with Crippen LogP contribution in [-0.2, 0) is 10.0 Å². The fraction of sp³-hybridized carbons (Fsp3) is 0.118. The Hall–Kier alpha value is -4.20. The number of sulfonamides is 1. The normalized spacial score (nSPS) is 10.9. The van der Waals surface area contributed by atoms with Crippen molar-refractivity contribution in [3.63, 3.8) is 0 Å². The molecule has 0 aliphatic carbocycles. The van der Waals surface area contributed by atoms with Crippen molar-refractivity contribution in [3.05, 3.63) is 63.1 Å². The monoisotopic (exact) mass is 448 g/mol. The first kappa shape index (κ1) is 21.5. The van der Waals surface area contributed by atoms with Crippen LogP contribution in [0.15, 0.2) is 51.8 Å². The van der Waals surface area contributed by atoms with Gasteiger partial charge < -0.3 is 28.9 Å². The fourth-order valence-electron chi connectivity index (χ4n) is 2.26. The number of carbonyl (C=O) groups is 1. The number of nitrogens with zero attached hydrogens (tertiary/aromatic N) is 4. The van der Waals surface area contributed by atoms with Crippen molar-refractivity contribution in [3.8, 4) is 11.9 Å². The lowest BCUT2D eigenvalue weighted by atomic mass is 10.3. The Morgan fingerprint density at radius 1 is 1.13 bits per heavy atom. The molecule has 0 aliphatic heterocycles. The Balaban J connectivity index is 1.74. The van der Waals surface area contributed by atoms with Crippen LogP contribution in [0.4, 0.5) is 17.4 Å². The highest BCUT2D eigenvalue weighted by Crippen LogP contribution is 2.30. The summed E-state index contributed by atoms with van der Waals surface area (Å²) in [4.78, 5) is 29.5. The third-order valence-corrected chi connectivity index (χ3v) is 4.97. The Kier molecular flexibility index (Phi) is 6.01. The minimum atomic E-state index is -4.15. The van der Waals surface area contributed by atoms with Crippen molar-refractivity contribution in [1.82, 2.24) is 9.97 Å². The number of ether oxygens (including phenoxy) is 2. The first-order valence-corrected chi connectivity index (χ1v) is 9.76. The van der Waals surface area contributed by atoms with E-state index in [0.29, 0.717) is 0 Å². The Morgan fingerprint density at radius 2 is 1.84 bits per heavy atom. The SMILES string of the molecule is COc1cc([N-]S(=O)(=O)c2ccc(NC(=O)c3ccc([N+](=O)[O-])o3)cc2)nc(OC)n1. The standard InChI is InChI=1S/C17H15N5O8S/c1-28-14-9-13(19-17(20-14)29-2)21-31(26,27)11-5-3-10(4-6-11)18-16(23)12-7-8-15(30-12)22(24)25/h3-9H,1-2H3,(H2,18,19,20,21,23)/p-1. The van der Waals surface area contributed by atoms with Crippen molar-refractivity contribution >= 4 is 33.3 Å². The summed E-state index contributed by atoms with van der Waals surface area (Å²) < 4.78 is 43.4. The van der Waals surface area contributed by atoms with E-state index in [9.17, 15) is 23.3 Å². The van der Waals surface area contributed by atoms with Crippen LogP contribution in [0.5, 0.6) is 11.9 Å². The number of furan rings is 1. The van der Waals surface area contributed by atoms with Gasteiger partial charge in [-0.25, -0.2) is 8.42 Å². The zero-order valence-electron chi connectivity index (χ0n) is 16.0. The Labute approximate surface area is 175 Å². The molecule has 3 rings (SSSR count). The van der Waals surface area contributed by atoms with E-state index in [0.717, 1.165) is 12.1 Å². The minimum Gasteiger partial charge on any atom is -0.483 e. The van der Waals surface area contributed by atoms with Crippen LogP contribution in [0.25, 0.3) is 4.72 Å². The lowest BCUT2D eigenvalue weighted by molar-refractivity contribution is -0.402. The van der Waals surface area contributed by atoms with Gasteiger partial charge in [0.05, 0.1) is 25.2 Å². The van der Waals surface area contributed by atoms with Gasteiger partial charge in [-0.3, -0.25) is 14.9 Å². The molecule has 14 heteroatoms. The molecule has 0 radical (unpaired) electrons. The van der Waals surface area contributed by atoms with Gasteiger partial charge in [-0.15, -0.1) is 0 Å². The van der Waals surface area contributed by atoms with Crippen LogP contribution < -0.4 is 14.8 Å². The van der Waals surface area contributed by atoms with Crippen LogP contribution >= 0.6 is 0 Å². The molecule has 0 atom stereocenters. The van der Waals surface area contributed by atoms with E-state index >= 15 is 0 Å². The molecule has 0 saturated heterocycles. The topological polar surface area (TPSA) is 178 Å². The largest absolute Gasteiger partial charge is 0.483 e. The molecule has 2 aromatic heterocycles. The number of methoxy groups -OCH3 is 2. The number of amides is 1. The minimum absolute atomic E-state index is 0.0667. The van der Waals surface area contributed by atoms with Gasteiger partial charge in [0, 0.05) is 11.8 Å². The maximum absolute atomic E-state index is 12.5. The van der Waals surface area contributed by atoms with E-state index in [1.165, 1.54) is 44.6 Å². The van der Waals surface area contributed by atoms with E-state index in [4.69, 9.17) is 13.9 Å². The van der Waals surface area contributed by atoms with Crippen LogP contribution in [0.3, 0.4) is 0 Å². The zero-order chi connectivity index (χ0) is 22.6. The number of benzene rings is 1. The van der Waals surface area contributed by atoms with Crippen LogP contribution in [0.2, 0.25) is 0 Å².